The molecule has 1 aliphatic rings. The summed E-state index contributed by atoms with van der Waals surface area (Å²) in [5.74, 6) is -2.53. The van der Waals surface area contributed by atoms with E-state index in [-0.39, 0.29) is 24.4 Å². The molecule has 1 aromatic rings. The molecule has 5 nitrogen and oxygen atoms in total. The van der Waals surface area contributed by atoms with E-state index < -0.39 is 24.4 Å². The van der Waals surface area contributed by atoms with Gasteiger partial charge in [-0.05, 0) is 18.2 Å². The molecule has 0 spiro atoms. The first-order valence-corrected chi connectivity index (χ1v) is 6.45. The summed E-state index contributed by atoms with van der Waals surface area (Å²) in [6, 6.07) is 4.31. The molecule has 1 saturated heterocycles. The summed E-state index contributed by atoms with van der Waals surface area (Å²) in [6.07, 6.45) is -0.153. The standard InChI is InChI=1S/C12H10BrF2NO4/c13-7-1-2-8(9(4-7)20-12(14)15)16-5-6(11(18)19)3-10(16)17/h1-2,4,6,12H,3,5H2,(H,18,19). The number of anilines is 1. The highest BCUT2D eigenvalue weighted by molar-refractivity contribution is 9.10. The van der Waals surface area contributed by atoms with Gasteiger partial charge < -0.3 is 14.7 Å². The number of carboxylic acids is 1. The Morgan fingerprint density at radius 1 is 1.50 bits per heavy atom. The van der Waals surface area contributed by atoms with Crippen LogP contribution in [0.3, 0.4) is 0 Å². The lowest BCUT2D eigenvalue weighted by molar-refractivity contribution is -0.141. The van der Waals surface area contributed by atoms with Gasteiger partial charge in [0.2, 0.25) is 5.91 Å². The second-order valence-corrected chi connectivity index (χ2v) is 5.15. The summed E-state index contributed by atoms with van der Waals surface area (Å²) < 4.78 is 29.7. The van der Waals surface area contributed by atoms with Crippen LogP contribution in [0.4, 0.5) is 14.5 Å². The highest BCUT2D eigenvalue weighted by Crippen LogP contribution is 2.36. The van der Waals surface area contributed by atoms with Gasteiger partial charge in [-0.25, -0.2) is 0 Å². The van der Waals surface area contributed by atoms with Crippen molar-refractivity contribution in [3.05, 3.63) is 22.7 Å². The lowest BCUT2D eigenvalue weighted by Crippen LogP contribution is -2.26. The van der Waals surface area contributed by atoms with Gasteiger partial charge in [0.1, 0.15) is 0 Å². The van der Waals surface area contributed by atoms with Crippen molar-refractivity contribution >= 4 is 33.5 Å². The van der Waals surface area contributed by atoms with E-state index >= 15 is 0 Å². The van der Waals surface area contributed by atoms with Gasteiger partial charge in [0, 0.05) is 17.4 Å². The van der Waals surface area contributed by atoms with Crippen LogP contribution in [-0.2, 0) is 9.59 Å². The van der Waals surface area contributed by atoms with Crippen molar-refractivity contribution in [2.24, 2.45) is 5.92 Å². The van der Waals surface area contributed by atoms with Crippen molar-refractivity contribution in [2.75, 3.05) is 11.4 Å². The Hall–Kier alpha value is -1.70. The first kappa shape index (κ1) is 14.7. The Bertz CT molecular complexity index is 552. The number of carbonyl (C=O) groups excluding carboxylic acids is 1. The highest BCUT2D eigenvalue weighted by Gasteiger charge is 2.36. The lowest BCUT2D eigenvalue weighted by atomic mass is 10.1. The third-order valence-corrected chi connectivity index (χ3v) is 3.40. The van der Waals surface area contributed by atoms with Gasteiger partial charge in [0.05, 0.1) is 11.6 Å². The quantitative estimate of drug-likeness (QED) is 0.906. The van der Waals surface area contributed by atoms with Gasteiger partial charge in [-0.15, -0.1) is 0 Å². The van der Waals surface area contributed by atoms with E-state index in [1.54, 1.807) is 6.07 Å². The van der Waals surface area contributed by atoms with E-state index in [1.807, 2.05) is 0 Å². The molecule has 1 atom stereocenters. The van der Waals surface area contributed by atoms with Crippen LogP contribution in [-0.4, -0.2) is 30.1 Å². The van der Waals surface area contributed by atoms with Gasteiger partial charge in [-0.1, -0.05) is 15.9 Å². The number of hydrogen-bond donors (Lipinski definition) is 1. The second kappa shape index (κ2) is 5.74. The summed E-state index contributed by atoms with van der Waals surface area (Å²) in [5.41, 5.74) is 0.141. The van der Waals surface area contributed by atoms with E-state index in [4.69, 9.17) is 5.11 Å². The molecule has 0 bridgehead atoms. The van der Waals surface area contributed by atoms with E-state index in [1.165, 1.54) is 12.1 Å². The number of carboxylic acid groups (broad SMARTS) is 1. The van der Waals surface area contributed by atoms with Crippen LogP contribution in [0.25, 0.3) is 0 Å². The summed E-state index contributed by atoms with van der Waals surface area (Å²) in [5, 5.41) is 8.92. The maximum Gasteiger partial charge on any atom is 0.387 e. The predicted molar refractivity (Wildman–Crippen MR) is 68.9 cm³/mol. The number of carbonyl (C=O) groups is 2. The molecule has 108 valence electrons. The number of hydrogen-bond acceptors (Lipinski definition) is 3. The maximum absolute atomic E-state index is 12.4. The molecule has 1 aliphatic heterocycles. The Labute approximate surface area is 121 Å². The molecular formula is C12H10BrF2NO4. The molecule has 1 aromatic carbocycles. The summed E-state index contributed by atoms with van der Waals surface area (Å²) >= 11 is 3.12. The SMILES string of the molecule is O=C(O)C1CC(=O)N(c2ccc(Br)cc2OC(F)F)C1. The third-order valence-electron chi connectivity index (χ3n) is 2.90. The number of amides is 1. The lowest BCUT2D eigenvalue weighted by Gasteiger charge is -2.20. The largest absolute Gasteiger partial charge is 0.481 e. The molecule has 8 heteroatoms. The molecule has 1 unspecified atom stereocenters. The molecule has 0 saturated carbocycles. The summed E-state index contributed by atoms with van der Waals surface area (Å²) in [6.45, 7) is -3.09. The minimum absolute atomic E-state index is 0.0601. The normalized spacial score (nSPS) is 18.7. The molecule has 1 N–H and O–H groups in total. The van der Waals surface area contributed by atoms with Gasteiger partial charge in [-0.2, -0.15) is 8.78 Å². The zero-order valence-corrected chi connectivity index (χ0v) is 11.6. The van der Waals surface area contributed by atoms with Crippen LogP contribution in [0.2, 0.25) is 0 Å². The van der Waals surface area contributed by atoms with Crippen molar-refractivity contribution in [1.82, 2.24) is 0 Å². The number of halogens is 3. The number of nitrogens with zero attached hydrogens (tertiary/aromatic N) is 1. The number of ether oxygens (including phenoxy) is 1. The maximum atomic E-state index is 12.4. The molecule has 20 heavy (non-hydrogen) atoms. The number of alkyl halides is 2. The van der Waals surface area contributed by atoms with E-state index in [9.17, 15) is 18.4 Å². The van der Waals surface area contributed by atoms with E-state index in [0.717, 1.165) is 4.90 Å². The third kappa shape index (κ3) is 3.06. The van der Waals surface area contributed by atoms with Crippen molar-refractivity contribution in [1.29, 1.82) is 0 Å². The van der Waals surface area contributed by atoms with E-state index in [2.05, 4.69) is 20.7 Å². The predicted octanol–water partition coefficient (Wildman–Crippen LogP) is 2.49. The number of rotatable bonds is 4. The second-order valence-electron chi connectivity index (χ2n) is 4.23. The molecular weight excluding hydrogens is 340 g/mol. The topological polar surface area (TPSA) is 66.8 Å². The van der Waals surface area contributed by atoms with Gasteiger partial charge in [0.15, 0.2) is 5.75 Å². The van der Waals surface area contributed by atoms with Crippen molar-refractivity contribution in [2.45, 2.75) is 13.0 Å². The molecule has 1 fully saturated rings. The molecule has 1 heterocycles. The average molecular weight is 350 g/mol. The van der Waals surface area contributed by atoms with Crippen molar-refractivity contribution in [3.63, 3.8) is 0 Å². The van der Waals surface area contributed by atoms with Crippen molar-refractivity contribution in [3.8, 4) is 5.75 Å². The fourth-order valence-corrected chi connectivity index (χ4v) is 2.35. The fraction of sp³-hybridized carbons (Fsp3) is 0.333. The zero-order chi connectivity index (χ0) is 14.9. The monoisotopic (exact) mass is 349 g/mol. The minimum Gasteiger partial charge on any atom is -0.481 e. The van der Waals surface area contributed by atoms with Crippen LogP contribution in [0.15, 0.2) is 22.7 Å². The Morgan fingerprint density at radius 3 is 2.75 bits per heavy atom. The number of benzene rings is 1. The molecule has 2 rings (SSSR count). The zero-order valence-electron chi connectivity index (χ0n) is 10.1. The van der Waals surface area contributed by atoms with Gasteiger partial charge in [0.25, 0.3) is 0 Å². The number of aliphatic carboxylic acids is 1. The Morgan fingerprint density at radius 2 is 2.20 bits per heavy atom. The Balaban J connectivity index is 2.32. The van der Waals surface area contributed by atoms with Gasteiger partial charge in [-0.3, -0.25) is 9.59 Å². The summed E-state index contributed by atoms with van der Waals surface area (Å²) in [4.78, 5) is 23.9. The molecule has 0 aromatic heterocycles. The minimum atomic E-state index is -3.03. The molecule has 0 radical (unpaired) electrons. The molecule has 1 amide bonds. The Kier molecular flexibility index (Phi) is 4.22. The smallest absolute Gasteiger partial charge is 0.387 e. The highest BCUT2D eigenvalue weighted by atomic mass is 79.9. The van der Waals surface area contributed by atoms with Crippen LogP contribution < -0.4 is 9.64 Å². The first-order valence-electron chi connectivity index (χ1n) is 5.66. The summed E-state index contributed by atoms with van der Waals surface area (Å²) in [7, 11) is 0. The van der Waals surface area contributed by atoms with Crippen molar-refractivity contribution < 1.29 is 28.2 Å². The van der Waals surface area contributed by atoms with Crippen LogP contribution in [0.5, 0.6) is 5.75 Å². The average Bonchev–Trinajstić information content (AvgIpc) is 2.71. The van der Waals surface area contributed by atoms with Crippen LogP contribution in [0.1, 0.15) is 6.42 Å². The van der Waals surface area contributed by atoms with Crippen LogP contribution in [0, 0.1) is 5.92 Å². The van der Waals surface area contributed by atoms with Crippen LogP contribution >= 0.6 is 15.9 Å². The first-order chi connectivity index (χ1) is 9.38. The van der Waals surface area contributed by atoms with E-state index in [0.29, 0.717) is 4.47 Å². The fourth-order valence-electron chi connectivity index (χ4n) is 2.01. The van der Waals surface area contributed by atoms with Gasteiger partial charge >= 0.3 is 12.6 Å². The molecule has 0 aliphatic carbocycles.